The average Bonchev–Trinajstić information content (AvgIpc) is 2.96. The number of alkyl halides is 9. The van der Waals surface area contributed by atoms with Gasteiger partial charge in [-0.05, 0) is 83.3 Å². The molecule has 4 aromatic carbocycles. The van der Waals surface area contributed by atoms with Crippen LogP contribution >= 0.6 is 0 Å². The Morgan fingerprint density at radius 2 is 0.909 bits per heavy atom. The van der Waals surface area contributed by atoms with Gasteiger partial charge < -0.3 is 9.84 Å². The molecule has 0 aromatic heterocycles. The van der Waals surface area contributed by atoms with Gasteiger partial charge >= 0.3 is 18.5 Å². The van der Waals surface area contributed by atoms with Crippen LogP contribution in [-0.2, 0) is 23.3 Å². The number of hydrogen-bond donors (Lipinski definition) is 1. The standard InChI is InChI=1S/C33H21F9O2/c1-18-27(19-2-10-23(11-3-19)31(34,35)36)28(20-4-12-24(13-5-20)32(37,38)39)30(22-8-16-26(43)17-9-22)44-29(18)21-6-14-25(15-7-21)33(40,41)42/h2-17,30,43H,1H3. The highest BCUT2D eigenvalue weighted by Gasteiger charge is 2.36. The smallest absolute Gasteiger partial charge is 0.416 e. The van der Waals surface area contributed by atoms with Gasteiger partial charge in [-0.25, -0.2) is 0 Å². The second-order valence-electron chi connectivity index (χ2n) is 10.1. The molecule has 228 valence electrons. The Morgan fingerprint density at radius 1 is 0.523 bits per heavy atom. The van der Waals surface area contributed by atoms with E-state index >= 15 is 0 Å². The molecule has 1 heterocycles. The fraction of sp³-hybridized carbons (Fsp3) is 0.152. The number of hydrogen-bond acceptors (Lipinski definition) is 2. The largest absolute Gasteiger partial charge is 0.508 e. The van der Waals surface area contributed by atoms with Crippen molar-refractivity contribution in [3.8, 4) is 5.75 Å². The van der Waals surface area contributed by atoms with E-state index in [-0.39, 0.29) is 28.2 Å². The fourth-order valence-corrected chi connectivity index (χ4v) is 5.02. The molecule has 4 aromatic rings. The first-order valence-electron chi connectivity index (χ1n) is 13.0. The summed E-state index contributed by atoms with van der Waals surface area (Å²) in [6.07, 6.45) is -15.0. The van der Waals surface area contributed by atoms with Crippen molar-refractivity contribution >= 4 is 16.9 Å². The fourth-order valence-electron chi connectivity index (χ4n) is 5.02. The molecule has 1 aliphatic heterocycles. The Bertz CT molecular complexity index is 1710. The first-order valence-corrected chi connectivity index (χ1v) is 13.0. The molecule has 0 fully saturated rings. The van der Waals surface area contributed by atoms with Gasteiger partial charge in [0.2, 0.25) is 0 Å². The van der Waals surface area contributed by atoms with Crippen LogP contribution in [0.5, 0.6) is 5.75 Å². The van der Waals surface area contributed by atoms with E-state index in [1.807, 2.05) is 0 Å². The van der Waals surface area contributed by atoms with Gasteiger partial charge in [0, 0.05) is 11.1 Å². The Balaban J connectivity index is 1.80. The first kappa shape index (κ1) is 30.8. The van der Waals surface area contributed by atoms with Crippen LogP contribution in [0, 0.1) is 0 Å². The number of rotatable bonds is 4. The molecule has 0 bridgehead atoms. The van der Waals surface area contributed by atoms with E-state index in [2.05, 4.69) is 0 Å². The maximum Gasteiger partial charge on any atom is 0.416 e. The van der Waals surface area contributed by atoms with Crippen molar-refractivity contribution in [2.24, 2.45) is 0 Å². The molecule has 0 spiro atoms. The molecular formula is C33H21F9O2. The van der Waals surface area contributed by atoms with Crippen LogP contribution < -0.4 is 0 Å². The molecule has 0 aliphatic carbocycles. The Morgan fingerprint density at radius 3 is 1.32 bits per heavy atom. The Kier molecular flexibility index (Phi) is 7.77. The minimum absolute atomic E-state index is 0.0951. The molecule has 0 amide bonds. The first-order chi connectivity index (χ1) is 20.5. The van der Waals surface area contributed by atoms with Crippen LogP contribution in [0.15, 0.2) is 103 Å². The van der Waals surface area contributed by atoms with E-state index in [4.69, 9.17) is 4.74 Å². The van der Waals surface area contributed by atoms with Crippen LogP contribution in [0.2, 0.25) is 0 Å². The predicted octanol–water partition coefficient (Wildman–Crippen LogP) is 10.6. The summed E-state index contributed by atoms with van der Waals surface area (Å²) in [5, 5.41) is 9.88. The third kappa shape index (κ3) is 6.17. The number of phenols is 1. The second-order valence-corrected chi connectivity index (χ2v) is 10.1. The summed E-state index contributed by atoms with van der Waals surface area (Å²) < 4.78 is 127. The minimum atomic E-state index is -4.64. The SMILES string of the molecule is CC1=C(c2ccc(C(F)(F)F)cc2)OC(c2ccc(O)cc2)C(c2ccc(C(F)(F)F)cc2)=C1c1ccc(C(F)(F)F)cc1. The third-order valence-electron chi connectivity index (χ3n) is 7.18. The lowest BCUT2D eigenvalue weighted by atomic mass is 9.81. The summed E-state index contributed by atoms with van der Waals surface area (Å²) in [4.78, 5) is 0. The number of allylic oxidation sites excluding steroid dienone is 2. The highest BCUT2D eigenvalue weighted by molar-refractivity contribution is 6.04. The predicted molar refractivity (Wildman–Crippen MR) is 146 cm³/mol. The van der Waals surface area contributed by atoms with Gasteiger partial charge in [0.15, 0.2) is 6.10 Å². The average molecular weight is 621 g/mol. The van der Waals surface area contributed by atoms with E-state index in [0.29, 0.717) is 22.3 Å². The zero-order valence-corrected chi connectivity index (χ0v) is 22.6. The van der Waals surface area contributed by atoms with E-state index in [1.54, 1.807) is 6.92 Å². The van der Waals surface area contributed by atoms with Gasteiger partial charge in [0.05, 0.1) is 16.7 Å². The molecule has 0 saturated carbocycles. The molecule has 1 unspecified atom stereocenters. The third-order valence-corrected chi connectivity index (χ3v) is 7.18. The highest BCUT2D eigenvalue weighted by Crippen LogP contribution is 2.50. The summed E-state index contributed by atoms with van der Waals surface area (Å²) in [5.41, 5.74) is -0.634. The lowest BCUT2D eigenvalue weighted by molar-refractivity contribution is -0.138. The monoisotopic (exact) mass is 620 g/mol. The van der Waals surface area contributed by atoms with Crippen molar-refractivity contribution < 1.29 is 49.4 Å². The Hall–Kier alpha value is -4.67. The van der Waals surface area contributed by atoms with Crippen molar-refractivity contribution in [3.63, 3.8) is 0 Å². The second kappa shape index (κ2) is 11.1. The van der Waals surface area contributed by atoms with E-state index in [1.165, 1.54) is 60.7 Å². The summed E-state index contributed by atoms with van der Waals surface area (Å²) in [6, 6.07) is 18.2. The van der Waals surface area contributed by atoms with Crippen molar-refractivity contribution in [1.82, 2.24) is 0 Å². The van der Waals surface area contributed by atoms with Crippen molar-refractivity contribution in [1.29, 1.82) is 0 Å². The minimum Gasteiger partial charge on any atom is -0.508 e. The van der Waals surface area contributed by atoms with Gasteiger partial charge in [0.1, 0.15) is 11.5 Å². The van der Waals surface area contributed by atoms with Crippen LogP contribution in [0.1, 0.15) is 52.0 Å². The zero-order valence-electron chi connectivity index (χ0n) is 22.6. The number of halogens is 9. The molecule has 2 nitrogen and oxygen atoms in total. The van der Waals surface area contributed by atoms with Gasteiger partial charge in [-0.15, -0.1) is 0 Å². The number of benzene rings is 4. The van der Waals surface area contributed by atoms with Crippen molar-refractivity contribution in [3.05, 3.63) is 142 Å². The highest BCUT2D eigenvalue weighted by atomic mass is 19.4. The summed E-state index contributed by atoms with van der Waals surface area (Å²) in [7, 11) is 0. The topological polar surface area (TPSA) is 29.5 Å². The molecule has 1 aliphatic rings. The van der Waals surface area contributed by atoms with Gasteiger partial charge in [-0.2, -0.15) is 39.5 Å². The van der Waals surface area contributed by atoms with Crippen LogP contribution in [0.25, 0.3) is 16.9 Å². The molecule has 1 atom stereocenters. The van der Waals surface area contributed by atoms with Gasteiger partial charge in [0.25, 0.3) is 0 Å². The van der Waals surface area contributed by atoms with Crippen LogP contribution in [0.4, 0.5) is 39.5 Å². The molecule has 11 heteroatoms. The van der Waals surface area contributed by atoms with E-state index in [9.17, 15) is 44.6 Å². The lowest BCUT2D eigenvalue weighted by Crippen LogP contribution is -2.16. The lowest BCUT2D eigenvalue weighted by Gasteiger charge is -2.34. The molecule has 5 rings (SSSR count). The molecular weight excluding hydrogens is 599 g/mol. The summed E-state index contributed by atoms with van der Waals surface area (Å²) in [6.45, 7) is 1.57. The maximum atomic E-state index is 13.4. The maximum absolute atomic E-state index is 13.4. The van der Waals surface area contributed by atoms with E-state index in [0.717, 1.165) is 36.4 Å². The van der Waals surface area contributed by atoms with Crippen LogP contribution in [-0.4, -0.2) is 5.11 Å². The van der Waals surface area contributed by atoms with Crippen LogP contribution in [0.3, 0.4) is 0 Å². The van der Waals surface area contributed by atoms with Gasteiger partial charge in [-0.3, -0.25) is 0 Å². The van der Waals surface area contributed by atoms with Gasteiger partial charge in [-0.1, -0.05) is 48.5 Å². The molecule has 0 saturated heterocycles. The molecule has 1 N–H and O–H groups in total. The molecule has 44 heavy (non-hydrogen) atoms. The normalized spacial score (nSPS) is 16.3. The molecule has 0 radical (unpaired) electrons. The number of phenolic OH excluding ortho intramolecular Hbond substituents is 1. The Labute approximate surface area is 245 Å². The van der Waals surface area contributed by atoms with Crippen molar-refractivity contribution in [2.75, 3.05) is 0 Å². The van der Waals surface area contributed by atoms with Crippen molar-refractivity contribution in [2.45, 2.75) is 31.6 Å². The summed E-state index contributed by atoms with van der Waals surface area (Å²) in [5.74, 6) is 0.0182. The quantitative estimate of drug-likeness (QED) is 0.230. The summed E-state index contributed by atoms with van der Waals surface area (Å²) >= 11 is 0. The van der Waals surface area contributed by atoms with E-state index < -0.39 is 41.3 Å². The number of aromatic hydroxyl groups is 1. The number of ether oxygens (including phenoxy) is 1. The zero-order chi connectivity index (χ0) is 32.0.